The number of benzene rings is 1. The number of ether oxygens (including phenoxy) is 3. The zero-order valence-electron chi connectivity index (χ0n) is 16.9. The molecule has 1 heterocycles. The maximum Gasteiger partial charge on any atom is 0.341 e. The molecule has 0 fully saturated rings. The Morgan fingerprint density at radius 1 is 1.14 bits per heavy atom. The van der Waals surface area contributed by atoms with E-state index >= 15 is 0 Å². The van der Waals surface area contributed by atoms with Gasteiger partial charge in [-0.05, 0) is 25.0 Å². The van der Waals surface area contributed by atoms with E-state index in [9.17, 15) is 14.4 Å². The van der Waals surface area contributed by atoms with E-state index in [0.29, 0.717) is 21.9 Å². The Kier molecular flexibility index (Phi) is 8.21. The van der Waals surface area contributed by atoms with Crippen LogP contribution in [0.4, 0.5) is 5.00 Å². The van der Waals surface area contributed by atoms with Crippen LogP contribution >= 0.6 is 11.3 Å². The van der Waals surface area contributed by atoms with E-state index in [-0.39, 0.29) is 18.9 Å². The van der Waals surface area contributed by atoms with Crippen molar-refractivity contribution < 1.29 is 28.6 Å². The number of amides is 1. The SMILES string of the molecule is CCOC(=O)c1cc(C(C)C)sc1NC(=O)COC(=O)Cc1ccccc1OC. The fraction of sp³-hybridized carbons (Fsp3) is 0.381. The van der Waals surface area contributed by atoms with Crippen LogP contribution in [0.2, 0.25) is 0 Å². The van der Waals surface area contributed by atoms with Gasteiger partial charge in [-0.1, -0.05) is 32.0 Å². The first-order chi connectivity index (χ1) is 13.8. The zero-order valence-corrected chi connectivity index (χ0v) is 17.8. The molecule has 8 heteroatoms. The summed E-state index contributed by atoms with van der Waals surface area (Å²) in [6.07, 6.45) is -0.0120. The van der Waals surface area contributed by atoms with E-state index in [1.165, 1.54) is 18.4 Å². The van der Waals surface area contributed by atoms with Gasteiger partial charge in [0.1, 0.15) is 10.8 Å². The van der Waals surface area contributed by atoms with Crippen molar-refractivity contribution in [2.45, 2.75) is 33.1 Å². The van der Waals surface area contributed by atoms with Crippen LogP contribution in [0.1, 0.15) is 47.5 Å². The third-order valence-electron chi connectivity index (χ3n) is 3.96. The number of carbonyl (C=O) groups is 3. The quantitative estimate of drug-likeness (QED) is 0.622. The first-order valence-corrected chi connectivity index (χ1v) is 10.1. The number of methoxy groups -OCH3 is 1. The average Bonchev–Trinajstić information content (AvgIpc) is 3.11. The van der Waals surface area contributed by atoms with Crippen LogP contribution in [0.25, 0.3) is 0 Å². The number of anilines is 1. The lowest BCUT2D eigenvalue weighted by molar-refractivity contribution is -0.146. The molecule has 156 valence electrons. The summed E-state index contributed by atoms with van der Waals surface area (Å²) < 4.78 is 15.3. The molecule has 1 amide bonds. The van der Waals surface area contributed by atoms with Gasteiger partial charge in [-0.15, -0.1) is 11.3 Å². The standard InChI is InChI=1S/C21H25NO6S/c1-5-27-21(25)15-11-17(13(2)3)29-20(15)22-18(23)12-28-19(24)10-14-8-6-7-9-16(14)26-4/h6-9,11,13H,5,10,12H2,1-4H3,(H,22,23). The molecule has 7 nitrogen and oxygen atoms in total. The first-order valence-electron chi connectivity index (χ1n) is 9.23. The Labute approximate surface area is 174 Å². The molecule has 1 N–H and O–H groups in total. The van der Waals surface area contributed by atoms with Crippen molar-refractivity contribution >= 4 is 34.2 Å². The second-order valence-electron chi connectivity index (χ2n) is 6.46. The molecule has 0 aliphatic carbocycles. The molecule has 0 unspecified atom stereocenters. The summed E-state index contributed by atoms with van der Waals surface area (Å²) in [5.74, 6) is -0.810. The van der Waals surface area contributed by atoms with Crippen molar-refractivity contribution in [1.82, 2.24) is 0 Å². The molecule has 1 aromatic carbocycles. The van der Waals surface area contributed by atoms with Gasteiger partial charge in [0.25, 0.3) is 5.91 Å². The minimum Gasteiger partial charge on any atom is -0.496 e. The number of hydrogen-bond donors (Lipinski definition) is 1. The van der Waals surface area contributed by atoms with Gasteiger partial charge in [0, 0.05) is 10.4 Å². The zero-order chi connectivity index (χ0) is 21.4. The molecule has 29 heavy (non-hydrogen) atoms. The number of nitrogens with one attached hydrogen (secondary N) is 1. The van der Waals surface area contributed by atoms with Crippen molar-refractivity contribution in [2.24, 2.45) is 0 Å². The third kappa shape index (κ3) is 6.32. The van der Waals surface area contributed by atoms with E-state index < -0.39 is 24.5 Å². The molecule has 0 bridgehead atoms. The predicted octanol–water partition coefficient (Wildman–Crippen LogP) is 3.78. The van der Waals surface area contributed by atoms with Crippen LogP contribution in [0, 0.1) is 0 Å². The Balaban J connectivity index is 1.98. The summed E-state index contributed by atoms with van der Waals surface area (Å²) in [6.45, 7) is 5.48. The topological polar surface area (TPSA) is 90.9 Å². The Morgan fingerprint density at radius 2 is 1.86 bits per heavy atom. The Hall–Kier alpha value is -2.87. The monoisotopic (exact) mass is 419 g/mol. The van der Waals surface area contributed by atoms with E-state index in [2.05, 4.69) is 5.32 Å². The highest BCUT2D eigenvalue weighted by molar-refractivity contribution is 7.16. The van der Waals surface area contributed by atoms with Crippen LogP contribution in [-0.2, 0) is 25.5 Å². The Morgan fingerprint density at radius 3 is 2.52 bits per heavy atom. The molecule has 0 aliphatic heterocycles. The number of thiophene rings is 1. The van der Waals surface area contributed by atoms with E-state index in [1.54, 1.807) is 37.3 Å². The summed E-state index contributed by atoms with van der Waals surface area (Å²) in [5, 5.41) is 3.03. The minimum absolute atomic E-state index is 0.0120. The van der Waals surface area contributed by atoms with Crippen molar-refractivity contribution in [3.05, 3.63) is 46.3 Å². The third-order valence-corrected chi connectivity index (χ3v) is 5.31. The highest BCUT2D eigenvalue weighted by Gasteiger charge is 2.21. The van der Waals surface area contributed by atoms with Crippen LogP contribution in [-0.4, -0.2) is 38.2 Å². The molecule has 2 rings (SSSR count). The lowest BCUT2D eigenvalue weighted by Crippen LogP contribution is -2.22. The van der Waals surface area contributed by atoms with Crippen LogP contribution in [0.3, 0.4) is 0 Å². The smallest absolute Gasteiger partial charge is 0.341 e. The van der Waals surface area contributed by atoms with Crippen LogP contribution in [0.5, 0.6) is 5.75 Å². The van der Waals surface area contributed by atoms with Gasteiger partial charge in [-0.25, -0.2) is 4.79 Å². The van der Waals surface area contributed by atoms with Crippen LogP contribution < -0.4 is 10.1 Å². The lowest BCUT2D eigenvalue weighted by atomic mass is 10.1. The van der Waals surface area contributed by atoms with E-state index in [1.807, 2.05) is 13.8 Å². The van der Waals surface area contributed by atoms with Crippen molar-refractivity contribution in [1.29, 1.82) is 0 Å². The maximum absolute atomic E-state index is 12.2. The van der Waals surface area contributed by atoms with Gasteiger partial charge in [-0.3, -0.25) is 9.59 Å². The number of rotatable bonds is 9. The molecule has 0 atom stereocenters. The minimum atomic E-state index is -0.552. The summed E-state index contributed by atoms with van der Waals surface area (Å²) in [6, 6.07) is 8.81. The summed E-state index contributed by atoms with van der Waals surface area (Å²) in [7, 11) is 1.52. The molecule has 0 aliphatic rings. The predicted molar refractivity (Wildman–Crippen MR) is 111 cm³/mol. The van der Waals surface area contributed by atoms with Gasteiger partial charge in [0.2, 0.25) is 0 Å². The van der Waals surface area contributed by atoms with Gasteiger partial charge in [0.15, 0.2) is 6.61 Å². The molecular weight excluding hydrogens is 394 g/mol. The molecule has 0 radical (unpaired) electrons. The summed E-state index contributed by atoms with van der Waals surface area (Å²) in [4.78, 5) is 37.4. The maximum atomic E-state index is 12.2. The molecule has 0 saturated carbocycles. The fourth-order valence-corrected chi connectivity index (χ4v) is 3.58. The van der Waals surface area contributed by atoms with Crippen molar-refractivity contribution in [3.8, 4) is 5.75 Å². The fourth-order valence-electron chi connectivity index (χ4n) is 2.51. The molecule has 2 aromatic rings. The molecule has 1 aromatic heterocycles. The summed E-state index contributed by atoms with van der Waals surface area (Å²) in [5.41, 5.74) is 0.971. The number of esters is 2. The molecular formula is C21H25NO6S. The van der Waals surface area contributed by atoms with E-state index in [0.717, 1.165) is 4.88 Å². The molecule has 0 saturated heterocycles. The first kappa shape index (κ1) is 22.4. The highest BCUT2D eigenvalue weighted by Crippen LogP contribution is 2.33. The van der Waals surface area contributed by atoms with Crippen molar-refractivity contribution in [3.63, 3.8) is 0 Å². The summed E-state index contributed by atoms with van der Waals surface area (Å²) >= 11 is 1.30. The van der Waals surface area contributed by atoms with Crippen LogP contribution in [0.15, 0.2) is 30.3 Å². The number of carbonyl (C=O) groups excluding carboxylic acids is 3. The number of para-hydroxylation sites is 1. The lowest BCUT2D eigenvalue weighted by Gasteiger charge is -2.09. The molecule has 0 spiro atoms. The normalized spacial score (nSPS) is 10.5. The van der Waals surface area contributed by atoms with Crippen molar-refractivity contribution in [2.75, 3.05) is 25.6 Å². The largest absolute Gasteiger partial charge is 0.496 e. The van der Waals surface area contributed by atoms with Gasteiger partial charge < -0.3 is 19.5 Å². The van der Waals surface area contributed by atoms with Gasteiger partial charge in [-0.2, -0.15) is 0 Å². The van der Waals surface area contributed by atoms with E-state index in [4.69, 9.17) is 14.2 Å². The highest BCUT2D eigenvalue weighted by atomic mass is 32.1. The second-order valence-corrected chi connectivity index (χ2v) is 7.55. The average molecular weight is 419 g/mol. The second kappa shape index (κ2) is 10.6. The Bertz CT molecular complexity index is 874. The van der Waals surface area contributed by atoms with Gasteiger partial charge >= 0.3 is 11.9 Å². The van der Waals surface area contributed by atoms with Gasteiger partial charge in [0.05, 0.1) is 25.7 Å². The number of hydrogen-bond acceptors (Lipinski definition) is 7.